The summed E-state index contributed by atoms with van der Waals surface area (Å²) in [6.07, 6.45) is 0.00675. The fourth-order valence-corrected chi connectivity index (χ4v) is 2.36. The Kier molecular flexibility index (Phi) is 6.54. The summed E-state index contributed by atoms with van der Waals surface area (Å²) in [4.78, 5) is 23.8. The summed E-state index contributed by atoms with van der Waals surface area (Å²) in [5.74, 6) is -0.880. The van der Waals surface area contributed by atoms with E-state index in [-0.39, 0.29) is 30.2 Å². The van der Waals surface area contributed by atoms with Gasteiger partial charge in [0.1, 0.15) is 11.5 Å². The molecule has 0 fully saturated rings. The van der Waals surface area contributed by atoms with Gasteiger partial charge in [0, 0.05) is 30.2 Å². The zero-order chi connectivity index (χ0) is 20.0. The molecule has 142 valence electrons. The normalized spacial score (nSPS) is 11.1. The SMILES string of the molecule is C/C(=N\NC(=O)CCC(=O)Nc1ccc(C)c(C)c1)c1ccc(O)cc1O. The van der Waals surface area contributed by atoms with Crippen molar-refractivity contribution in [2.45, 2.75) is 33.6 Å². The summed E-state index contributed by atoms with van der Waals surface area (Å²) in [5, 5.41) is 25.7. The van der Waals surface area contributed by atoms with E-state index in [4.69, 9.17) is 0 Å². The molecule has 2 rings (SSSR count). The molecule has 2 aromatic rings. The maximum Gasteiger partial charge on any atom is 0.240 e. The minimum Gasteiger partial charge on any atom is -0.508 e. The third-order valence-electron chi connectivity index (χ3n) is 4.09. The lowest BCUT2D eigenvalue weighted by Gasteiger charge is -2.08. The number of rotatable bonds is 6. The number of aryl methyl sites for hydroxylation is 2. The lowest BCUT2D eigenvalue weighted by atomic mass is 10.1. The summed E-state index contributed by atoms with van der Waals surface area (Å²) in [6.45, 7) is 5.56. The lowest BCUT2D eigenvalue weighted by Crippen LogP contribution is -2.21. The van der Waals surface area contributed by atoms with Crippen molar-refractivity contribution in [2.75, 3.05) is 5.32 Å². The number of nitrogens with zero attached hydrogens (tertiary/aromatic N) is 1. The fraction of sp³-hybridized carbons (Fsp3) is 0.250. The Morgan fingerprint density at radius 1 is 0.963 bits per heavy atom. The second-order valence-electron chi connectivity index (χ2n) is 6.28. The zero-order valence-electron chi connectivity index (χ0n) is 15.5. The Bertz CT molecular complexity index is 891. The first-order chi connectivity index (χ1) is 12.8. The second kappa shape index (κ2) is 8.84. The average Bonchev–Trinajstić information content (AvgIpc) is 2.61. The molecule has 27 heavy (non-hydrogen) atoms. The molecule has 0 aliphatic carbocycles. The van der Waals surface area contributed by atoms with Crippen LogP contribution < -0.4 is 10.7 Å². The number of anilines is 1. The summed E-state index contributed by atoms with van der Waals surface area (Å²) >= 11 is 0. The molecule has 0 saturated heterocycles. The molecule has 0 aliphatic rings. The number of hydrogen-bond acceptors (Lipinski definition) is 5. The number of benzene rings is 2. The summed E-state index contributed by atoms with van der Waals surface area (Å²) < 4.78 is 0. The van der Waals surface area contributed by atoms with E-state index >= 15 is 0 Å². The summed E-state index contributed by atoms with van der Waals surface area (Å²) in [6, 6.07) is 9.71. The molecule has 0 unspecified atom stereocenters. The first kappa shape index (κ1) is 20.0. The number of carbonyl (C=O) groups is 2. The molecule has 0 bridgehead atoms. The van der Waals surface area contributed by atoms with Crippen LogP contribution in [0.4, 0.5) is 5.69 Å². The van der Waals surface area contributed by atoms with Crippen LogP contribution in [0.25, 0.3) is 0 Å². The number of phenolic OH excluding ortho intramolecular Hbond substituents is 2. The topological polar surface area (TPSA) is 111 Å². The van der Waals surface area contributed by atoms with E-state index < -0.39 is 5.91 Å². The van der Waals surface area contributed by atoms with Crippen molar-refractivity contribution in [3.05, 3.63) is 53.1 Å². The lowest BCUT2D eigenvalue weighted by molar-refractivity contribution is -0.124. The van der Waals surface area contributed by atoms with Crippen molar-refractivity contribution in [1.82, 2.24) is 5.43 Å². The highest BCUT2D eigenvalue weighted by molar-refractivity contribution is 6.01. The maximum absolute atomic E-state index is 12.0. The Morgan fingerprint density at radius 2 is 1.67 bits per heavy atom. The Morgan fingerprint density at radius 3 is 2.33 bits per heavy atom. The molecule has 0 aliphatic heterocycles. The molecule has 0 atom stereocenters. The van der Waals surface area contributed by atoms with Gasteiger partial charge in [0.15, 0.2) is 0 Å². The van der Waals surface area contributed by atoms with Crippen LogP contribution in [-0.2, 0) is 9.59 Å². The quantitative estimate of drug-likeness (QED) is 0.463. The van der Waals surface area contributed by atoms with Gasteiger partial charge in [-0.05, 0) is 56.2 Å². The van der Waals surface area contributed by atoms with E-state index in [1.807, 2.05) is 32.0 Å². The van der Waals surface area contributed by atoms with Crippen LogP contribution in [0.5, 0.6) is 11.5 Å². The molecular weight excluding hydrogens is 346 g/mol. The third-order valence-corrected chi connectivity index (χ3v) is 4.09. The standard InChI is InChI=1S/C20H23N3O4/c1-12-4-5-15(10-13(12)2)21-19(26)8-9-20(27)23-22-14(3)17-7-6-16(24)11-18(17)25/h4-7,10-11,24-25H,8-9H2,1-3H3,(H,21,26)(H,23,27)/b22-14+. The van der Waals surface area contributed by atoms with E-state index in [2.05, 4.69) is 15.8 Å². The predicted molar refractivity (Wildman–Crippen MR) is 104 cm³/mol. The monoisotopic (exact) mass is 369 g/mol. The molecule has 0 radical (unpaired) electrons. The van der Waals surface area contributed by atoms with Crippen LogP contribution in [0.2, 0.25) is 0 Å². The Labute approximate surface area is 157 Å². The Balaban J connectivity index is 1.84. The zero-order valence-corrected chi connectivity index (χ0v) is 15.5. The maximum atomic E-state index is 12.0. The van der Waals surface area contributed by atoms with Crippen molar-refractivity contribution >= 4 is 23.2 Å². The Hall–Kier alpha value is -3.35. The number of aromatic hydroxyl groups is 2. The van der Waals surface area contributed by atoms with E-state index in [0.717, 1.165) is 11.1 Å². The average molecular weight is 369 g/mol. The van der Waals surface area contributed by atoms with Gasteiger partial charge in [-0.2, -0.15) is 5.10 Å². The van der Waals surface area contributed by atoms with Gasteiger partial charge in [0.25, 0.3) is 0 Å². The van der Waals surface area contributed by atoms with Crippen LogP contribution in [-0.4, -0.2) is 27.7 Å². The van der Waals surface area contributed by atoms with Gasteiger partial charge >= 0.3 is 0 Å². The number of carbonyl (C=O) groups excluding carboxylic acids is 2. The van der Waals surface area contributed by atoms with Gasteiger partial charge in [0.2, 0.25) is 11.8 Å². The van der Waals surface area contributed by atoms with E-state index in [0.29, 0.717) is 17.0 Å². The second-order valence-corrected chi connectivity index (χ2v) is 6.28. The largest absolute Gasteiger partial charge is 0.508 e. The number of phenols is 2. The molecule has 0 aromatic heterocycles. The van der Waals surface area contributed by atoms with Gasteiger partial charge in [0.05, 0.1) is 5.71 Å². The summed E-state index contributed by atoms with van der Waals surface area (Å²) in [7, 11) is 0. The highest BCUT2D eigenvalue weighted by Crippen LogP contribution is 2.23. The molecule has 0 heterocycles. The first-order valence-electron chi connectivity index (χ1n) is 8.49. The highest BCUT2D eigenvalue weighted by Gasteiger charge is 2.09. The van der Waals surface area contributed by atoms with E-state index in [1.54, 1.807) is 6.92 Å². The van der Waals surface area contributed by atoms with Crippen LogP contribution in [0.15, 0.2) is 41.5 Å². The van der Waals surface area contributed by atoms with Crippen molar-refractivity contribution < 1.29 is 19.8 Å². The van der Waals surface area contributed by atoms with Gasteiger partial charge in [-0.3, -0.25) is 9.59 Å². The van der Waals surface area contributed by atoms with Crippen molar-refractivity contribution in [2.24, 2.45) is 5.10 Å². The molecular formula is C20H23N3O4. The number of hydrogen-bond donors (Lipinski definition) is 4. The predicted octanol–water partition coefficient (Wildman–Crippen LogP) is 2.97. The minimum atomic E-state index is -0.414. The minimum absolute atomic E-state index is 0.0188. The number of hydrazone groups is 1. The van der Waals surface area contributed by atoms with Crippen LogP contribution in [0.3, 0.4) is 0 Å². The molecule has 4 N–H and O–H groups in total. The van der Waals surface area contributed by atoms with Crippen molar-refractivity contribution in [1.29, 1.82) is 0 Å². The molecule has 0 saturated carbocycles. The smallest absolute Gasteiger partial charge is 0.240 e. The van der Waals surface area contributed by atoms with E-state index in [9.17, 15) is 19.8 Å². The molecule has 2 aromatic carbocycles. The number of amides is 2. The number of nitrogens with one attached hydrogen (secondary N) is 2. The van der Waals surface area contributed by atoms with Gasteiger partial charge in [-0.1, -0.05) is 6.07 Å². The fourth-order valence-electron chi connectivity index (χ4n) is 2.36. The molecule has 0 spiro atoms. The van der Waals surface area contributed by atoms with Crippen molar-refractivity contribution in [3.8, 4) is 11.5 Å². The van der Waals surface area contributed by atoms with Crippen LogP contribution in [0.1, 0.15) is 36.5 Å². The highest BCUT2D eigenvalue weighted by atomic mass is 16.3. The van der Waals surface area contributed by atoms with Crippen molar-refractivity contribution in [3.63, 3.8) is 0 Å². The van der Waals surface area contributed by atoms with Gasteiger partial charge < -0.3 is 15.5 Å². The van der Waals surface area contributed by atoms with Gasteiger partial charge in [-0.25, -0.2) is 5.43 Å². The van der Waals surface area contributed by atoms with Crippen LogP contribution in [0, 0.1) is 13.8 Å². The molecule has 2 amide bonds. The summed E-state index contributed by atoms with van der Waals surface area (Å²) in [5.41, 5.74) is 6.03. The van der Waals surface area contributed by atoms with Crippen LogP contribution >= 0.6 is 0 Å². The first-order valence-corrected chi connectivity index (χ1v) is 8.49. The molecule has 7 heteroatoms. The third kappa shape index (κ3) is 5.85. The van der Waals surface area contributed by atoms with Gasteiger partial charge in [-0.15, -0.1) is 0 Å². The van der Waals surface area contributed by atoms with E-state index in [1.165, 1.54) is 18.2 Å². The molecule has 7 nitrogen and oxygen atoms in total.